The second-order valence-electron chi connectivity index (χ2n) is 15.2. The van der Waals surface area contributed by atoms with Crippen molar-refractivity contribution in [3.63, 3.8) is 0 Å². The molecule has 0 fully saturated rings. The van der Waals surface area contributed by atoms with Gasteiger partial charge in [0.15, 0.2) is 5.54 Å². The predicted octanol–water partition coefficient (Wildman–Crippen LogP) is 4.52. The molecule has 246 valence electrons. The molecule has 0 saturated carbocycles. The highest BCUT2D eigenvalue weighted by Gasteiger charge is 2.36. The van der Waals surface area contributed by atoms with E-state index < -0.39 is 27.4 Å². The number of carboxylic acid groups (broad SMARTS) is 1. The molecule has 0 spiro atoms. The standard InChI is InChI=1S/C38H42N2O6S/c1-21-18-37(5,6)39(9)30-16-32-28(14-25(21)30)34(27-13-23(36(2,3)4)11-12-24(27)35(41)42)29-15-26-22(20-47(43,44)45)19-38(7,8)40(10)31(26)17-33(29)46-32/h11-19H,20H2,1-10H3,(H-,41,42,43,44,45). The van der Waals surface area contributed by atoms with Gasteiger partial charge in [0.2, 0.25) is 5.36 Å². The number of anilines is 1. The first-order chi connectivity index (χ1) is 21.6. The van der Waals surface area contributed by atoms with Gasteiger partial charge in [0.1, 0.15) is 24.3 Å². The van der Waals surface area contributed by atoms with Crippen LogP contribution in [0.1, 0.15) is 93.6 Å². The van der Waals surface area contributed by atoms with Gasteiger partial charge in [0.05, 0.1) is 23.1 Å². The van der Waals surface area contributed by atoms with Crippen LogP contribution in [0, 0.1) is 0 Å². The van der Waals surface area contributed by atoms with E-state index in [0.29, 0.717) is 39.0 Å². The van der Waals surface area contributed by atoms with Crippen molar-refractivity contribution < 1.29 is 27.6 Å². The summed E-state index contributed by atoms with van der Waals surface area (Å²) >= 11 is 0. The number of benzene rings is 3. The molecule has 3 heterocycles. The molecule has 0 atom stereocenters. The zero-order chi connectivity index (χ0) is 34.6. The second kappa shape index (κ2) is 10.4. The van der Waals surface area contributed by atoms with Crippen LogP contribution in [0.15, 0.2) is 54.6 Å². The molecular formula is C38H42N2O6S. The topological polar surface area (TPSA) is 110 Å². The van der Waals surface area contributed by atoms with E-state index >= 15 is 0 Å². The Bertz CT molecular complexity index is 2220. The van der Waals surface area contributed by atoms with Gasteiger partial charge in [-0.05, 0) is 72.7 Å². The lowest BCUT2D eigenvalue weighted by Gasteiger charge is -2.41. The number of likely N-dealkylation sites (N-methyl/N-ethyl adjacent to an activating group) is 2. The van der Waals surface area contributed by atoms with Crippen molar-refractivity contribution in [2.45, 2.75) is 71.9 Å². The summed E-state index contributed by atoms with van der Waals surface area (Å²) in [6.45, 7) is 16.5. The highest BCUT2D eigenvalue weighted by atomic mass is 32.2. The van der Waals surface area contributed by atoms with Gasteiger partial charge in [0.25, 0.3) is 10.1 Å². The molecule has 8 nitrogen and oxygen atoms in total. The lowest BCUT2D eigenvalue weighted by molar-refractivity contribution is -0.255. The number of nitrogens with zero attached hydrogens (tertiary/aromatic N) is 2. The Hall–Kier alpha value is -4.21. The monoisotopic (exact) mass is 654 g/mol. The molecule has 3 aliphatic rings. The van der Waals surface area contributed by atoms with E-state index in [1.165, 1.54) is 0 Å². The van der Waals surface area contributed by atoms with E-state index in [0.717, 1.165) is 33.3 Å². The fourth-order valence-corrected chi connectivity index (χ4v) is 7.65. The van der Waals surface area contributed by atoms with E-state index in [2.05, 4.69) is 58.6 Å². The maximum Gasteiger partial charge on any atom is 0.269 e. The minimum Gasteiger partial charge on any atom is -0.545 e. The Morgan fingerprint density at radius 1 is 0.957 bits per heavy atom. The Morgan fingerprint density at radius 3 is 2.26 bits per heavy atom. The van der Waals surface area contributed by atoms with Crippen molar-refractivity contribution >= 4 is 38.5 Å². The van der Waals surface area contributed by atoms with E-state index in [9.17, 15) is 22.9 Å². The maximum atomic E-state index is 12.7. The summed E-state index contributed by atoms with van der Waals surface area (Å²) in [6, 6.07) is 13.2. The molecule has 6 rings (SSSR count). The van der Waals surface area contributed by atoms with Crippen LogP contribution in [-0.4, -0.2) is 49.9 Å². The van der Waals surface area contributed by atoms with Crippen molar-refractivity contribution in [2.75, 3.05) is 24.7 Å². The first kappa shape index (κ1) is 32.7. The van der Waals surface area contributed by atoms with Crippen LogP contribution in [0.5, 0.6) is 11.5 Å². The van der Waals surface area contributed by atoms with Crippen LogP contribution in [-0.2, 0) is 15.5 Å². The van der Waals surface area contributed by atoms with Crippen molar-refractivity contribution in [3.05, 3.63) is 98.6 Å². The van der Waals surface area contributed by atoms with Crippen LogP contribution in [0.2, 0.25) is 0 Å². The lowest BCUT2D eigenvalue weighted by atomic mass is 9.80. The van der Waals surface area contributed by atoms with Crippen molar-refractivity contribution in [3.8, 4) is 11.5 Å². The zero-order valence-electron chi connectivity index (χ0n) is 28.7. The average Bonchev–Trinajstić information content (AvgIpc) is 2.94. The molecule has 0 amide bonds. The largest absolute Gasteiger partial charge is 0.545 e. The summed E-state index contributed by atoms with van der Waals surface area (Å²) in [5, 5.41) is 14.1. The number of aromatic carboxylic acids is 1. The van der Waals surface area contributed by atoms with E-state index in [1.807, 2.05) is 68.9 Å². The SMILES string of the molecule is CC1=CC(C)(C)N(C)c2cc3c(cc21)C(c1cc(C(C)(C)C)ccc1C(=O)[O-])=c1cc2c(cc1O3)=[N+](C)C(C)(C)C=C2CS(=O)(=O)O. The van der Waals surface area contributed by atoms with Crippen LogP contribution in [0.25, 0.3) is 16.7 Å². The summed E-state index contributed by atoms with van der Waals surface area (Å²) in [5.41, 5.74) is 5.91. The molecule has 0 saturated heterocycles. The predicted molar refractivity (Wildman–Crippen MR) is 185 cm³/mol. The second-order valence-corrected chi connectivity index (χ2v) is 16.6. The number of ether oxygens (including phenoxy) is 1. The average molecular weight is 655 g/mol. The third-order valence-corrected chi connectivity index (χ3v) is 10.7. The summed E-state index contributed by atoms with van der Waals surface area (Å²) in [5.74, 6) is -0.769. The van der Waals surface area contributed by atoms with E-state index in [-0.39, 0.29) is 16.5 Å². The fraction of sp³-hybridized carbons (Fsp3) is 0.368. The first-order valence-electron chi connectivity index (χ1n) is 15.7. The molecule has 47 heavy (non-hydrogen) atoms. The van der Waals surface area contributed by atoms with Crippen molar-refractivity contribution in [2.24, 2.45) is 0 Å². The minimum atomic E-state index is -4.36. The summed E-state index contributed by atoms with van der Waals surface area (Å²) in [7, 11) is -0.386. The Morgan fingerprint density at radius 2 is 1.64 bits per heavy atom. The first-order valence-corrected chi connectivity index (χ1v) is 17.3. The van der Waals surface area contributed by atoms with Gasteiger partial charge in [0, 0.05) is 60.1 Å². The molecule has 0 aliphatic carbocycles. The third kappa shape index (κ3) is 5.49. The van der Waals surface area contributed by atoms with Gasteiger partial charge in [-0.3, -0.25) is 4.55 Å². The number of fused-ring (bicyclic) bond motifs is 4. The Kier molecular flexibility index (Phi) is 7.24. The summed E-state index contributed by atoms with van der Waals surface area (Å²) < 4.78 is 43.1. The molecule has 1 N–H and O–H groups in total. The quantitative estimate of drug-likeness (QED) is 0.255. The van der Waals surface area contributed by atoms with E-state index in [4.69, 9.17) is 4.74 Å². The molecule has 0 bridgehead atoms. The van der Waals surface area contributed by atoms with Gasteiger partial charge in [-0.1, -0.05) is 39.0 Å². The molecule has 3 aromatic rings. The van der Waals surface area contributed by atoms with E-state index in [1.54, 1.807) is 6.07 Å². The Balaban J connectivity index is 1.80. The molecule has 3 aromatic carbocycles. The highest BCUT2D eigenvalue weighted by molar-refractivity contribution is 7.86. The number of carboxylic acids is 1. The zero-order valence-corrected chi connectivity index (χ0v) is 29.5. The molecular weight excluding hydrogens is 612 g/mol. The molecule has 0 unspecified atom stereocenters. The van der Waals surface area contributed by atoms with Crippen molar-refractivity contribution in [1.29, 1.82) is 0 Å². The summed E-state index contributed by atoms with van der Waals surface area (Å²) in [4.78, 5) is 14.9. The van der Waals surface area contributed by atoms with Crippen LogP contribution >= 0.6 is 0 Å². The maximum absolute atomic E-state index is 12.7. The fourth-order valence-electron chi connectivity index (χ4n) is 7.02. The number of hydrogen-bond acceptors (Lipinski definition) is 6. The van der Waals surface area contributed by atoms with Crippen molar-refractivity contribution in [1.82, 2.24) is 4.58 Å². The normalized spacial score (nSPS) is 17.9. The Labute approximate surface area is 276 Å². The van der Waals surface area contributed by atoms with Gasteiger partial charge in [-0.2, -0.15) is 8.42 Å². The molecule has 0 radical (unpaired) electrons. The van der Waals surface area contributed by atoms with Crippen LogP contribution in [0.3, 0.4) is 0 Å². The lowest BCUT2D eigenvalue weighted by Crippen LogP contribution is -2.47. The number of carbonyl (C=O) groups is 1. The molecule has 3 aliphatic heterocycles. The van der Waals surface area contributed by atoms with Crippen LogP contribution < -0.4 is 29.9 Å². The molecule has 9 heteroatoms. The summed E-state index contributed by atoms with van der Waals surface area (Å²) in [6.07, 6.45) is 4.06. The van der Waals surface area contributed by atoms with Crippen LogP contribution in [0.4, 0.5) is 5.69 Å². The van der Waals surface area contributed by atoms with Gasteiger partial charge in [-0.25, -0.2) is 4.58 Å². The molecule has 0 aromatic heterocycles. The highest BCUT2D eigenvalue weighted by Crippen LogP contribution is 2.46. The number of allylic oxidation sites excluding steroid dienone is 1. The van der Waals surface area contributed by atoms with Gasteiger partial charge >= 0.3 is 0 Å². The number of carbonyl (C=O) groups excluding carboxylic acids is 1. The third-order valence-electron chi connectivity index (χ3n) is 9.99. The van der Waals surface area contributed by atoms with Gasteiger partial charge in [-0.15, -0.1) is 0 Å². The minimum absolute atomic E-state index is 0.0414. The van der Waals surface area contributed by atoms with Gasteiger partial charge < -0.3 is 19.5 Å². The number of rotatable bonds is 4. The smallest absolute Gasteiger partial charge is 0.269 e. The number of hydrogen-bond donors (Lipinski definition) is 1.